The minimum atomic E-state index is -0.307. The standard InChI is InChI=1S/C6H4ClFIN/c7-3-5-6(8)4(9)1-2-10-5/h1-2H,3H2. The van der Waals surface area contributed by atoms with Crippen molar-refractivity contribution in [3.8, 4) is 0 Å². The van der Waals surface area contributed by atoms with Crippen LogP contribution < -0.4 is 0 Å². The molecule has 1 aromatic rings. The molecule has 0 radical (unpaired) electrons. The smallest absolute Gasteiger partial charge is 0.159 e. The van der Waals surface area contributed by atoms with Gasteiger partial charge in [0.25, 0.3) is 0 Å². The Labute approximate surface area is 76.7 Å². The maximum atomic E-state index is 12.8. The van der Waals surface area contributed by atoms with Crippen molar-refractivity contribution >= 4 is 34.2 Å². The van der Waals surface area contributed by atoms with Crippen molar-refractivity contribution in [2.24, 2.45) is 0 Å². The molecule has 1 nitrogen and oxygen atoms in total. The van der Waals surface area contributed by atoms with E-state index in [4.69, 9.17) is 11.6 Å². The van der Waals surface area contributed by atoms with Gasteiger partial charge in [0.05, 0.1) is 15.1 Å². The zero-order chi connectivity index (χ0) is 7.56. The lowest BCUT2D eigenvalue weighted by molar-refractivity contribution is 0.600. The molecular weight excluding hydrogens is 267 g/mol. The number of aromatic nitrogens is 1. The first-order chi connectivity index (χ1) is 4.75. The van der Waals surface area contributed by atoms with Crippen LogP contribution in [0, 0.1) is 9.39 Å². The van der Waals surface area contributed by atoms with E-state index < -0.39 is 0 Å². The van der Waals surface area contributed by atoms with Crippen molar-refractivity contribution in [3.63, 3.8) is 0 Å². The minimum absolute atomic E-state index is 0.128. The normalized spacial score (nSPS) is 9.90. The lowest BCUT2D eigenvalue weighted by Gasteiger charge is -1.97. The zero-order valence-electron chi connectivity index (χ0n) is 4.94. The van der Waals surface area contributed by atoms with E-state index in [-0.39, 0.29) is 11.7 Å². The summed E-state index contributed by atoms with van der Waals surface area (Å²) in [5, 5.41) is 0. The number of hydrogen-bond acceptors (Lipinski definition) is 1. The third kappa shape index (κ3) is 1.58. The van der Waals surface area contributed by atoms with Crippen LogP contribution in [0.15, 0.2) is 12.3 Å². The van der Waals surface area contributed by atoms with E-state index in [1.54, 1.807) is 12.3 Å². The highest BCUT2D eigenvalue weighted by molar-refractivity contribution is 14.1. The first-order valence-corrected chi connectivity index (χ1v) is 4.22. The number of alkyl halides is 1. The van der Waals surface area contributed by atoms with Crippen molar-refractivity contribution in [2.75, 3.05) is 0 Å². The highest BCUT2D eigenvalue weighted by Gasteiger charge is 2.04. The largest absolute Gasteiger partial charge is 0.257 e. The van der Waals surface area contributed by atoms with Crippen molar-refractivity contribution in [2.45, 2.75) is 5.88 Å². The molecule has 54 valence electrons. The maximum Gasteiger partial charge on any atom is 0.159 e. The van der Waals surface area contributed by atoms with Gasteiger partial charge in [-0.3, -0.25) is 4.98 Å². The van der Waals surface area contributed by atoms with E-state index in [0.717, 1.165) is 0 Å². The maximum absolute atomic E-state index is 12.8. The molecule has 4 heteroatoms. The van der Waals surface area contributed by atoms with Crippen LogP contribution >= 0.6 is 34.2 Å². The van der Waals surface area contributed by atoms with Crippen LogP contribution in [-0.2, 0) is 5.88 Å². The van der Waals surface area contributed by atoms with Gasteiger partial charge in [0.1, 0.15) is 0 Å². The van der Waals surface area contributed by atoms with Crippen LogP contribution in [0.4, 0.5) is 4.39 Å². The van der Waals surface area contributed by atoms with E-state index in [1.165, 1.54) is 0 Å². The van der Waals surface area contributed by atoms with Gasteiger partial charge in [0.2, 0.25) is 0 Å². The summed E-state index contributed by atoms with van der Waals surface area (Å²) in [4.78, 5) is 3.75. The quantitative estimate of drug-likeness (QED) is 0.565. The molecule has 1 rings (SSSR count). The van der Waals surface area contributed by atoms with E-state index in [1.807, 2.05) is 22.6 Å². The Morgan fingerprint density at radius 3 is 2.90 bits per heavy atom. The van der Waals surface area contributed by atoms with Gasteiger partial charge in [-0.25, -0.2) is 4.39 Å². The molecule has 0 atom stereocenters. The Morgan fingerprint density at radius 2 is 2.40 bits per heavy atom. The number of pyridine rings is 1. The molecule has 0 bridgehead atoms. The van der Waals surface area contributed by atoms with E-state index >= 15 is 0 Å². The molecule has 0 aliphatic carbocycles. The van der Waals surface area contributed by atoms with Crippen LogP contribution in [0.3, 0.4) is 0 Å². The molecule has 0 saturated carbocycles. The second-order valence-electron chi connectivity index (χ2n) is 1.69. The summed E-state index contributed by atoms with van der Waals surface area (Å²) in [6, 6.07) is 1.60. The first kappa shape index (κ1) is 8.20. The van der Waals surface area contributed by atoms with Gasteiger partial charge in [-0.05, 0) is 28.7 Å². The molecule has 0 N–H and O–H groups in total. The summed E-state index contributed by atoms with van der Waals surface area (Å²) in [7, 11) is 0. The summed E-state index contributed by atoms with van der Waals surface area (Å²) < 4.78 is 13.4. The van der Waals surface area contributed by atoms with Crippen molar-refractivity contribution in [1.29, 1.82) is 0 Å². The number of nitrogens with zero attached hydrogens (tertiary/aromatic N) is 1. The van der Waals surface area contributed by atoms with Gasteiger partial charge >= 0.3 is 0 Å². The van der Waals surface area contributed by atoms with E-state index in [0.29, 0.717) is 9.26 Å². The molecule has 0 fully saturated rings. The van der Waals surface area contributed by atoms with Gasteiger partial charge in [0.15, 0.2) is 5.82 Å². The molecule has 10 heavy (non-hydrogen) atoms. The fourth-order valence-corrected chi connectivity index (χ4v) is 1.21. The molecular formula is C6H4ClFIN. The monoisotopic (exact) mass is 271 g/mol. The highest BCUT2D eigenvalue weighted by atomic mass is 127. The Kier molecular flexibility index (Phi) is 2.85. The highest BCUT2D eigenvalue weighted by Crippen LogP contribution is 2.13. The summed E-state index contributed by atoms with van der Waals surface area (Å²) in [6.07, 6.45) is 1.54. The third-order valence-corrected chi connectivity index (χ3v) is 2.13. The Bertz CT molecular complexity index is 241. The van der Waals surface area contributed by atoms with Crippen LogP contribution in [-0.4, -0.2) is 4.98 Å². The Morgan fingerprint density at radius 1 is 1.70 bits per heavy atom. The summed E-state index contributed by atoms with van der Waals surface area (Å²) in [6.45, 7) is 0. The predicted octanol–water partition coefficient (Wildman–Crippen LogP) is 2.56. The van der Waals surface area contributed by atoms with Gasteiger partial charge < -0.3 is 0 Å². The zero-order valence-corrected chi connectivity index (χ0v) is 7.86. The SMILES string of the molecule is Fc1c(I)ccnc1CCl. The topological polar surface area (TPSA) is 12.9 Å². The summed E-state index contributed by atoms with van der Waals surface area (Å²) in [5.41, 5.74) is 0.313. The van der Waals surface area contributed by atoms with Crippen LogP contribution in [0.5, 0.6) is 0 Å². The molecule has 1 heterocycles. The third-order valence-electron chi connectivity index (χ3n) is 1.04. The second kappa shape index (κ2) is 3.48. The fraction of sp³-hybridized carbons (Fsp3) is 0.167. The molecule has 1 aromatic heterocycles. The number of hydrogen-bond donors (Lipinski definition) is 0. The minimum Gasteiger partial charge on any atom is -0.257 e. The molecule has 0 spiro atoms. The predicted molar refractivity (Wildman–Crippen MR) is 46.5 cm³/mol. The molecule has 0 amide bonds. The summed E-state index contributed by atoms with van der Waals surface area (Å²) >= 11 is 7.30. The number of halogens is 3. The Hall–Kier alpha value is 0.1000. The van der Waals surface area contributed by atoms with Crippen molar-refractivity contribution in [1.82, 2.24) is 4.98 Å². The van der Waals surface area contributed by atoms with Crippen molar-refractivity contribution < 1.29 is 4.39 Å². The molecule has 0 unspecified atom stereocenters. The first-order valence-electron chi connectivity index (χ1n) is 2.60. The lowest BCUT2D eigenvalue weighted by Crippen LogP contribution is -1.93. The second-order valence-corrected chi connectivity index (χ2v) is 3.12. The van der Waals surface area contributed by atoms with Gasteiger partial charge in [0, 0.05) is 6.20 Å². The van der Waals surface area contributed by atoms with Crippen LogP contribution in [0.2, 0.25) is 0 Å². The molecule has 0 aliphatic heterocycles. The molecule has 0 aromatic carbocycles. The van der Waals surface area contributed by atoms with E-state index in [2.05, 4.69) is 4.98 Å². The average Bonchev–Trinajstić information content (AvgIpc) is 1.95. The number of rotatable bonds is 1. The molecule has 0 aliphatic rings. The van der Waals surface area contributed by atoms with Crippen molar-refractivity contribution in [3.05, 3.63) is 27.3 Å². The van der Waals surface area contributed by atoms with Gasteiger partial charge in [-0.15, -0.1) is 11.6 Å². The van der Waals surface area contributed by atoms with Crippen LogP contribution in [0.1, 0.15) is 5.69 Å². The molecule has 0 saturated heterocycles. The van der Waals surface area contributed by atoms with Gasteiger partial charge in [-0.1, -0.05) is 0 Å². The lowest BCUT2D eigenvalue weighted by atomic mass is 10.4. The van der Waals surface area contributed by atoms with Crippen LogP contribution in [0.25, 0.3) is 0 Å². The fourth-order valence-electron chi connectivity index (χ4n) is 0.554. The Balaban J connectivity index is 3.14. The van der Waals surface area contributed by atoms with E-state index in [9.17, 15) is 4.39 Å². The summed E-state index contributed by atoms with van der Waals surface area (Å²) in [5.74, 6) is -0.180. The van der Waals surface area contributed by atoms with Gasteiger partial charge in [-0.2, -0.15) is 0 Å². The average molecular weight is 271 g/mol.